The molecule has 0 aliphatic carbocycles. The third-order valence-electron chi connectivity index (χ3n) is 3.78. The van der Waals surface area contributed by atoms with Crippen molar-refractivity contribution >= 4 is 5.91 Å². The van der Waals surface area contributed by atoms with Crippen molar-refractivity contribution in [3.05, 3.63) is 35.4 Å². The maximum Gasteiger partial charge on any atom is 0.238 e. The molecule has 1 aromatic carbocycles. The second-order valence-electron chi connectivity index (χ2n) is 5.17. The first-order valence-corrected chi connectivity index (χ1v) is 7.37. The van der Waals surface area contributed by atoms with Gasteiger partial charge in [-0.3, -0.25) is 10.1 Å². The van der Waals surface area contributed by atoms with Crippen LogP contribution in [0, 0.1) is 0 Å². The third-order valence-corrected chi connectivity index (χ3v) is 3.78. The zero-order chi connectivity index (χ0) is 14.4. The molecule has 110 valence electrons. The van der Waals surface area contributed by atoms with Gasteiger partial charge in [-0.1, -0.05) is 31.2 Å². The van der Waals surface area contributed by atoms with E-state index in [0.717, 1.165) is 32.4 Å². The highest BCUT2D eigenvalue weighted by Crippen LogP contribution is 2.23. The Hall–Kier alpha value is -1.39. The summed E-state index contributed by atoms with van der Waals surface area (Å²) < 4.78 is 5.05. The van der Waals surface area contributed by atoms with E-state index in [1.807, 2.05) is 4.90 Å². The minimum Gasteiger partial charge on any atom is -0.385 e. The summed E-state index contributed by atoms with van der Waals surface area (Å²) in [6.45, 7) is 4.12. The Morgan fingerprint density at radius 1 is 1.30 bits per heavy atom. The lowest BCUT2D eigenvalue weighted by Gasteiger charge is -2.24. The Kier molecular flexibility index (Phi) is 5.56. The molecule has 0 radical (unpaired) electrons. The van der Waals surface area contributed by atoms with Gasteiger partial charge in [0.2, 0.25) is 5.91 Å². The molecule has 0 aromatic heterocycles. The highest BCUT2D eigenvalue weighted by molar-refractivity contribution is 5.80. The minimum atomic E-state index is 0.0240. The molecule has 2 rings (SSSR count). The van der Waals surface area contributed by atoms with E-state index in [0.29, 0.717) is 6.54 Å². The van der Waals surface area contributed by atoms with Gasteiger partial charge < -0.3 is 9.64 Å². The summed E-state index contributed by atoms with van der Waals surface area (Å²) in [5.74, 6) is 0.187. The van der Waals surface area contributed by atoms with Gasteiger partial charge in [0.15, 0.2) is 0 Å². The zero-order valence-corrected chi connectivity index (χ0v) is 12.4. The number of nitrogens with one attached hydrogen (secondary N) is 1. The fourth-order valence-corrected chi connectivity index (χ4v) is 2.56. The van der Waals surface area contributed by atoms with Crippen molar-refractivity contribution < 1.29 is 9.53 Å². The average Bonchev–Trinajstić information content (AvgIpc) is 2.85. The zero-order valence-electron chi connectivity index (χ0n) is 12.4. The number of methoxy groups -OCH3 is 1. The molecule has 1 unspecified atom stereocenters. The second-order valence-corrected chi connectivity index (χ2v) is 5.17. The molecule has 1 aliphatic heterocycles. The van der Waals surface area contributed by atoms with Crippen molar-refractivity contribution in [3.63, 3.8) is 0 Å². The number of ether oxygens (including phenoxy) is 1. The Labute approximate surface area is 121 Å². The van der Waals surface area contributed by atoms with Crippen molar-refractivity contribution in [1.29, 1.82) is 0 Å². The van der Waals surface area contributed by atoms with Crippen LogP contribution in [-0.4, -0.2) is 37.6 Å². The normalized spacial score (nSPS) is 18.8. The van der Waals surface area contributed by atoms with E-state index in [1.54, 1.807) is 7.11 Å². The van der Waals surface area contributed by atoms with Gasteiger partial charge in [0.05, 0.1) is 6.54 Å². The van der Waals surface area contributed by atoms with Crippen LogP contribution in [0.1, 0.15) is 37.1 Å². The van der Waals surface area contributed by atoms with Gasteiger partial charge in [0, 0.05) is 20.3 Å². The van der Waals surface area contributed by atoms with E-state index in [-0.39, 0.29) is 12.1 Å². The molecule has 1 saturated heterocycles. The average molecular weight is 276 g/mol. The molecule has 1 fully saturated rings. The molecular formula is C16H24N2O2. The summed E-state index contributed by atoms with van der Waals surface area (Å²) >= 11 is 0. The summed E-state index contributed by atoms with van der Waals surface area (Å²) in [4.78, 5) is 13.9. The van der Waals surface area contributed by atoms with E-state index < -0.39 is 0 Å². The molecule has 20 heavy (non-hydrogen) atoms. The van der Waals surface area contributed by atoms with Crippen LogP contribution >= 0.6 is 0 Å². The number of hydrogen-bond donors (Lipinski definition) is 1. The smallest absolute Gasteiger partial charge is 0.238 e. The number of unbranched alkanes of at least 4 members (excludes halogenated alkanes) is 1. The van der Waals surface area contributed by atoms with Crippen molar-refractivity contribution in [2.24, 2.45) is 0 Å². The van der Waals surface area contributed by atoms with Crippen LogP contribution in [-0.2, 0) is 16.0 Å². The SMILES string of the molecule is CCc1ccc(C2NCC(=O)N2CCCCOC)cc1. The van der Waals surface area contributed by atoms with Gasteiger partial charge >= 0.3 is 0 Å². The summed E-state index contributed by atoms with van der Waals surface area (Å²) in [6.07, 6.45) is 3.03. The lowest BCUT2D eigenvalue weighted by atomic mass is 10.1. The van der Waals surface area contributed by atoms with Crippen molar-refractivity contribution in [2.75, 3.05) is 26.8 Å². The fraction of sp³-hybridized carbons (Fsp3) is 0.562. The van der Waals surface area contributed by atoms with Crippen LogP contribution in [0.5, 0.6) is 0 Å². The quantitative estimate of drug-likeness (QED) is 0.776. The molecular weight excluding hydrogens is 252 g/mol. The Morgan fingerprint density at radius 2 is 2.05 bits per heavy atom. The van der Waals surface area contributed by atoms with Crippen molar-refractivity contribution in [2.45, 2.75) is 32.4 Å². The number of hydrogen-bond acceptors (Lipinski definition) is 3. The molecule has 0 bridgehead atoms. The van der Waals surface area contributed by atoms with Gasteiger partial charge in [0.1, 0.15) is 6.17 Å². The number of nitrogens with zero attached hydrogens (tertiary/aromatic N) is 1. The van der Waals surface area contributed by atoms with E-state index in [1.165, 1.54) is 11.1 Å². The lowest BCUT2D eigenvalue weighted by Crippen LogP contribution is -2.31. The first-order chi connectivity index (χ1) is 9.76. The standard InChI is InChI=1S/C16H24N2O2/c1-3-13-6-8-14(9-7-13)16-17-12-15(19)18(16)10-4-5-11-20-2/h6-9,16-17H,3-5,10-12H2,1-2H3. The van der Waals surface area contributed by atoms with Crippen LogP contribution in [0.2, 0.25) is 0 Å². The summed E-state index contributed by atoms with van der Waals surface area (Å²) in [5, 5.41) is 3.30. The molecule has 0 saturated carbocycles. The Morgan fingerprint density at radius 3 is 2.70 bits per heavy atom. The number of carbonyl (C=O) groups is 1. The Bertz CT molecular complexity index is 431. The van der Waals surface area contributed by atoms with Crippen LogP contribution in [0.15, 0.2) is 24.3 Å². The second kappa shape index (κ2) is 7.41. The Balaban J connectivity index is 1.99. The van der Waals surface area contributed by atoms with Gasteiger partial charge in [-0.25, -0.2) is 0 Å². The minimum absolute atomic E-state index is 0.0240. The monoisotopic (exact) mass is 276 g/mol. The van der Waals surface area contributed by atoms with Crippen LogP contribution in [0.3, 0.4) is 0 Å². The van der Waals surface area contributed by atoms with E-state index in [4.69, 9.17) is 4.74 Å². The van der Waals surface area contributed by atoms with E-state index in [2.05, 4.69) is 36.5 Å². The highest BCUT2D eigenvalue weighted by Gasteiger charge is 2.30. The molecule has 1 aliphatic rings. The molecule has 1 aromatic rings. The van der Waals surface area contributed by atoms with Gasteiger partial charge in [0.25, 0.3) is 0 Å². The summed E-state index contributed by atoms with van der Waals surface area (Å²) in [5.41, 5.74) is 2.49. The number of amides is 1. The number of benzene rings is 1. The maximum absolute atomic E-state index is 12.0. The van der Waals surface area contributed by atoms with Crippen molar-refractivity contribution in [1.82, 2.24) is 10.2 Å². The van der Waals surface area contributed by atoms with Crippen LogP contribution in [0.4, 0.5) is 0 Å². The van der Waals surface area contributed by atoms with Gasteiger partial charge in [-0.05, 0) is 30.4 Å². The maximum atomic E-state index is 12.0. The topological polar surface area (TPSA) is 41.6 Å². The van der Waals surface area contributed by atoms with Gasteiger partial charge in [-0.15, -0.1) is 0 Å². The molecule has 4 nitrogen and oxygen atoms in total. The molecule has 1 atom stereocenters. The van der Waals surface area contributed by atoms with Crippen LogP contribution in [0.25, 0.3) is 0 Å². The third kappa shape index (κ3) is 3.58. The van der Waals surface area contributed by atoms with E-state index in [9.17, 15) is 4.79 Å². The first-order valence-electron chi connectivity index (χ1n) is 7.37. The fourth-order valence-electron chi connectivity index (χ4n) is 2.56. The van der Waals surface area contributed by atoms with Gasteiger partial charge in [-0.2, -0.15) is 0 Å². The number of rotatable bonds is 7. The molecule has 1 heterocycles. The van der Waals surface area contributed by atoms with Crippen molar-refractivity contribution in [3.8, 4) is 0 Å². The number of carbonyl (C=O) groups excluding carboxylic acids is 1. The van der Waals surface area contributed by atoms with E-state index >= 15 is 0 Å². The highest BCUT2D eigenvalue weighted by atomic mass is 16.5. The molecule has 1 amide bonds. The van der Waals surface area contributed by atoms with Crippen LogP contribution < -0.4 is 5.32 Å². The molecule has 1 N–H and O–H groups in total. The predicted molar refractivity (Wildman–Crippen MR) is 79.4 cm³/mol. The number of aryl methyl sites for hydroxylation is 1. The first kappa shape index (κ1) is 15.0. The predicted octanol–water partition coefficient (Wildman–Crippen LogP) is 2.11. The largest absolute Gasteiger partial charge is 0.385 e. The summed E-state index contributed by atoms with van der Waals surface area (Å²) in [6, 6.07) is 8.53. The lowest BCUT2D eigenvalue weighted by molar-refractivity contribution is -0.128. The summed E-state index contributed by atoms with van der Waals surface area (Å²) in [7, 11) is 1.71. The molecule has 0 spiro atoms. The molecule has 4 heteroatoms.